The molecule has 106 valence electrons. The van der Waals surface area contributed by atoms with Gasteiger partial charge in [0.25, 0.3) is 0 Å². The van der Waals surface area contributed by atoms with E-state index < -0.39 is 44.0 Å². The van der Waals surface area contributed by atoms with E-state index in [-0.39, 0.29) is 6.61 Å². The van der Waals surface area contributed by atoms with E-state index in [9.17, 15) is 22.0 Å². The van der Waals surface area contributed by atoms with E-state index in [1.54, 1.807) is 6.92 Å². The first-order valence-electron chi connectivity index (χ1n) is 5.62. The highest BCUT2D eigenvalue weighted by molar-refractivity contribution is 7.91. The molecular formula is C12H14F2O4S. The number of halogens is 2. The van der Waals surface area contributed by atoms with Crippen LogP contribution >= 0.6 is 0 Å². The molecule has 0 spiro atoms. The van der Waals surface area contributed by atoms with Gasteiger partial charge in [0, 0.05) is 0 Å². The molecule has 1 atom stereocenters. The van der Waals surface area contributed by atoms with Crippen LogP contribution in [0, 0.1) is 17.6 Å². The lowest BCUT2D eigenvalue weighted by atomic mass is 10.2. The van der Waals surface area contributed by atoms with Crippen molar-refractivity contribution < 1.29 is 26.7 Å². The van der Waals surface area contributed by atoms with Crippen LogP contribution < -0.4 is 0 Å². The molecule has 0 saturated heterocycles. The normalized spacial score (nSPS) is 13.1. The number of carbonyl (C=O) groups is 1. The summed E-state index contributed by atoms with van der Waals surface area (Å²) in [6.07, 6.45) is 0. The smallest absolute Gasteiger partial charge is 0.309 e. The molecule has 0 aromatic heterocycles. The number of sulfone groups is 1. The quantitative estimate of drug-likeness (QED) is 0.778. The summed E-state index contributed by atoms with van der Waals surface area (Å²) in [5.74, 6) is -4.18. The summed E-state index contributed by atoms with van der Waals surface area (Å²) in [4.78, 5) is 10.6. The van der Waals surface area contributed by atoms with E-state index in [1.165, 1.54) is 6.92 Å². The molecule has 0 N–H and O–H groups in total. The van der Waals surface area contributed by atoms with Crippen LogP contribution in [0.4, 0.5) is 8.78 Å². The maximum absolute atomic E-state index is 13.4. The third kappa shape index (κ3) is 3.99. The average molecular weight is 292 g/mol. The van der Waals surface area contributed by atoms with Crippen LogP contribution in [0.5, 0.6) is 0 Å². The maximum Gasteiger partial charge on any atom is 0.309 e. The fourth-order valence-corrected chi connectivity index (χ4v) is 3.12. The van der Waals surface area contributed by atoms with Crippen molar-refractivity contribution in [2.75, 3.05) is 12.4 Å². The molecule has 0 amide bonds. The summed E-state index contributed by atoms with van der Waals surface area (Å²) >= 11 is 0. The zero-order valence-corrected chi connectivity index (χ0v) is 11.3. The second-order valence-corrected chi connectivity index (χ2v) is 6.01. The fraction of sp³-hybridized carbons (Fsp3) is 0.417. The standard InChI is InChI=1S/C12H14F2O4S/c1-3-18-12(15)8(2)7-19(16,17)11-6-9(13)4-5-10(11)14/h4-6,8H,3,7H2,1-2H3. The molecule has 7 heteroatoms. The summed E-state index contributed by atoms with van der Waals surface area (Å²) in [6, 6.07) is 2.16. The Bertz CT molecular complexity index is 569. The molecule has 0 saturated carbocycles. The first-order chi connectivity index (χ1) is 8.77. The highest BCUT2D eigenvalue weighted by Gasteiger charge is 2.26. The first-order valence-corrected chi connectivity index (χ1v) is 7.27. The van der Waals surface area contributed by atoms with Crippen molar-refractivity contribution in [2.45, 2.75) is 18.7 Å². The third-order valence-corrected chi connectivity index (χ3v) is 4.31. The Balaban J connectivity index is 2.99. The third-order valence-electron chi connectivity index (χ3n) is 2.39. The number of hydrogen-bond acceptors (Lipinski definition) is 4. The van der Waals surface area contributed by atoms with E-state index in [0.717, 1.165) is 12.1 Å². The molecule has 19 heavy (non-hydrogen) atoms. The number of ether oxygens (including phenoxy) is 1. The molecule has 0 aliphatic heterocycles. The molecule has 4 nitrogen and oxygen atoms in total. The topological polar surface area (TPSA) is 60.4 Å². The largest absolute Gasteiger partial charge is 0.466 e. The van der Waals surface area contributed by atoms with Crippen LogP contribution in [0.25, 0.3) is 0 Å². The number of rotatable bonds is 5. The summed E-state index contributed by atoms with van der Waals surface area (Å²) < 4.78 is 54.9. The van der Waals surface area contributed by atoms with Gasteiger partial charge < -0.3 is 4.74 Å². The van der Waals surface area contributed by atoms with Crippen molar-refractivity contribution in [2.24, 2.45) is 5.92 Å². The van der Waals surface area contributed by atoms with Crippen molar-refractivity contribution in [3.8, 4) is 0 Å². The van der Waals surface area contributed by atoms with Gasteiger partial charge in [-0.05, 0) is 25.1 Å². The summed E-state index contributed by atoms with van der Waals surface area (Å²) in [7, 11) is -4.09. The van der Waals surface area contributed by atoms with Gasteiger partial charge >= 0.3 is 5.97 Å². The first kappa shape index (κ1) is 15.6. The monoisotopic (exact) mass is 292 g/mol. The highest BCUT2D eigenvalue weighted by Crippen LogP contribution is 2.19. The average Bonchev–Trinajstić information content (AvgIpc) is 2.31. The minimum Gasteiger partial charge on any atom is -0.466 e. The van der Waals surface area contributed by atoms with Gasteiger partial charge in [-0.1, -0.05) is 6.92 Å². The Morgan fingerprint density at radius 2 is 2.00 bits per heavy atom. The molecule has 0 radical (unpaired) electrons. The summed E-state index contributed by atoms with van der Waals surface area (Å²) in [6.45, 7) is 3.07. The lowest BCUT2D eigenvalue weighted by Gasteiger charge is -2.11. The van der Waals surface area contributed by atoms with Gasteiger partial charge in [0.15, 0.2) is 9.84 Å². The molecule has 1 aromatic carbocycles. The predicted octanol–water partition coefficient (Wildman–Crippen LogP) is 1.94. The lowest BCUT2D eigenvalue weighted by Crippen LogP contribution is -2.24. The maximum atomic E-state index is 13.4. The van der Waals surface area contributed by atoms with Crippen LogP contribution in [0.1, 0.15) is 13.8 Å². The van der Waals surface area contributed by atoms with E-state index in [4.69, 9.17) is 0 Å². The van der Waals surface area contributed by atoms with Crippen LogP contribution in [-0.4, -0.2) is 26.7 Å². The number of hydrogen-bond donors (Lipinski definition) is 0. The van der Waals surface area contributed by atoms with Gasteiger partial charge in [-0.2, -0.15) is 0 Å². The number of carbonyl (C=O) groups excluding carboxylic acids is 1. The Kier molecular flexibility index (Phi) is 4.99. The van der Waals surface area contributed by atoms with Gasteiger partial charge in [-0.25, -0.2) is 17.2 Å². The Morgan fingerprint density at radius 1 is 1.37 bits per heavy atom. The Morgan fingerprint density at radius 3 is 2.58 bits per heavy atom. The summed E-state index contributed by atoms with van der Waals surface area (Å²) in [5, 5.41) is 0. The molecule has 0 aliphatic rings. The van der Waals surface area contributed by atoms with Crippen molar-refractivity contribution >= 4 is 15.8 Å². The van der Waals surface area contributed by atoms with E-state index in [1.807, 2.05) is 0 Å². The fourth-order valence-electron chi connectivity index (χ4n) is 1.49. The van der Waals surface area contributed by atoms with Crippen LogP contribution in [0.3, 0.4) is 0 Å². The molecule has 0 aliphatic carbocycles. The van der Waals surface area contributed by atoms with Gasteiger partial charge in [-0.15, -0.1) is 0 Å². The van der Waals surface area contributed by atoms with Gasteiger partial charge in [0.2, 0.25) is 0 Å². The second kappa shape index (κ2) is 6.10. The molecule has 1 unspecified atom stereocenters. The summed E-state index contributed by atoms with van der Waals surface area (Å²) in [5.41, 5.74) is 0. The van der Waals surface area contributed by atoms with Gasteiger partial charge in [-0.3, -0.25) is 4.79 Å². The SMILES string of the molecule is CCOC(=O)C(C)CS(=O)(=O)c1cc(F)ccc1F. The van der Waals surface area contributed by atoms with Crippen LogP contribution in [0.15, 0.2) is 23.1 Å². The van der Waals surface area contributed by atoms with Crippen molar-refractivity contribution in [3.63, 3.8) is 0 Å². The molecule has 1 rings (SSSR count). The highest BCUT2D eigenvalue weighted by atomic mass is 32.2. The van der Waals surface area contributed by atoms with Gasteiger partial charge in [0.1, 0.15) is 16.5 Å². The zero-order valence-electron chi connectivity index (χ0n) is 10.5. The Hall–Kier alpha value is -1.50. The number of benzene rings is 1. The minimum absolute atomic E-state index is 0.123. The second-order valence-electron chi connectivity index (χ2n) is 4.01. The zero-order chi connectivity index (χ0) is 14.6. The molecule has 0 heterocycles. The van der Waals surface area contributed by atoms with E-state index >= 15 is 0 Å². The Labute approximate surface area is 110 Å². The lowest BCUT2D eigenvalue weighted by molar-refractivity contribution is -0.146. The van der Waals surface area contributed by atoms with Gasteiger partial charge in [0.05, 0.1) is 18.3 Å². The molecular weight excluding hydrogens is 278 g/mol. The number of esters is 1. The van der Waals surface area contributed by atoms with Crippen molar-refractivity contribution in [1.82, 2.24) is 0 Å². The van der Waals surface area contributed by atoms with Crippen molar-refractivity contribution in [1.29, 1.82) is 0 Å². The molecule has 0 bridgehead atoms. The van der Waals surface area contributed by atoms with Crippen LogP contribution in [0.2, 0.25) is 0 Å². The molecule has 0 fully saturated rings. The van der Waals surface area contributed by atoms with E-state index in [2.05, 4.69) is 4.74 Å². The van der Waals surface area contributed by atoms with E-state index in [0.29, 0.717) is 6.07 Å². The van der Waals surface area contributed by atoms with Crippen molar-refractivity contribution in [3.05, 3.63) is 29.8 Å². The minimum atomic E-state index is -4.09. The van der Waals surface area contributed by atoms with Crippen LogP contribution in [-0.2, 0) is 19.4 Å². The predicted molar refractivity (Wildman–Crippen MR) is 64.2 cm³/mol. The molecule has 1 aromatic rings.